The second-order valence-corrected chi connectivity index (χ2v) is 6.08. The Bertz CT molecular complexity index is 504. The van der Waals surface area contributed by atoms with Gasteiger partial charge in [0, 0.05) is 6.20 Å². The monoisotopic (exact) mass is 260 g/mol. The van der Waals surface area contributed by atoms with Gasteiger partial charge in [0.2, 0.25) is 0 Å². The van der Waals surface area contributed by atoms with Gasteiger partial charge in [-0.2, -0.15) is 5.10 Å². The van der Waals surface area contributed by atoms with Crippen LogP contribution in [0.4, 0.5) is 0 Å². The normalized spacial score (nSPS) is 15.2. The highest BCUT2D eigenvalue weighted by Crippen LogP contribution is 2.34. The minimum absolute atomic E-state index is 0.0210. The molecule has 0 spiro atoms. The number of rotatable bonds is 4. The lowest BCUT2D eigenvalue weighted by Crippen LogP contribution is -2.36. The summed E-state index contributed by atoms with van der Waals surface area (Å²) in [4.78, 5) is 8.22. The van der Waals surface area contributed by atoms with Crippen LogP contribution in [0.3, 0.4) is 0 Å². The third kappa shape index (κ3) is 3.61. The fraction of sp³-hybridized carbons (Fsp3) is 0.500. The molecule has 2 heterocycles. The van der Waals surface area contributed by atoms with Gasteiger partial charge in [-0.3, -0.25) is 4.98 Å². The Morgan fingerprint density at radius 2 is 2.05 bits per heavy atom. The molecule has 0 aromatic carbocycles. The zero-order valence-electron chi connectivity index (χ0n) is 11.6. The van der Waals surface area contributed by atoms with Gasteiger partial charge in [-0.1, -0.05) is 26.8 Å². The molecule has 19 heavy (non-hydrogen) atoms. The van der Waals surface area contributed by atoms with Crippen LogP contribution in [0.25, 0.3) is 0 Å². The van der Waals surface area contributed by atoms with Crippen LogP contribution in [-0.4, -0.2) is 24.9 Å². The largest absolute Gasteiger partial charge is 0.382 e. The highest BCUT2D eigenvalue weighted by Gasteiger charge is 2.36. The summed E-state index contributed by atoms with van der Waals surface area (Å²) in [5, 5.41) is 15.1. The summed E-state index contributed by atoms with van der Waals surface area (Å²) in [6, 6.07) is 5.58. The van der Waals surface area contributed by atoms with Gasteiger partial charge in [-0.25, -0.2) is 9.67 Å². The van der Waals surface area contributed by atoms with Crippen LogP contribution >= 0.6 is 0 Å². The Morgan fingerprint density at radius 3 is 2.58 bits per heavy atom. The molecule has 5 nitrogen and oxygen atoms in total. The quantitative estimate of drug-likeness (QED) is 0.913. The molecular weight excluding hydrogens is 240 g/mol. The third-order valence-electron chi connectivity index (χ3n) is 2.85. The molecule has 0 aliphatic rings. The van der Waals surface area contributed by atoms with Crippen molar-refractivity contribution in [3.8, 4) is 0 Å². The maximum absolute atomic E-state index is 11.0. The van der Waals surface area contributed by atoms with Crippen LogP contribution < -0.4 is 0 Å². The first-order valence-corrected chi connectivity index (χ1v) is 6.35. The van der Waals surface area contributed by atoms with Gasteiger partial charge in [0.15, 0.2) is 0 Å². The van der Waals surface area contributed by atoms with Crippen molar-refractivity contribution in [2.24, 2.45) is 5.41 Å². The van der Waals surface area contributed by atoms with E-state index in [1.807, 2.05) is 18.2 Å². The van der Waals surface area contributed by atoms with Crippen LogP contribution in [0.2, 0.25) is 0 Å². The smallest absolute Gasteiger partial charge is 0.137 e. The number of nitrogens with zero attached hydrogens (tertiary/aromatic N) is 4. The predicted octanol–water partition coefficient (Wildman–Crippen LogP) is 2.00. The maximum atomic E-state index is 11.0. The van der Waals surface area contributed by atoms with E-state index in [1.54, 1.807) is 17.2 Å². The van der Waals surface area contributed by atoms with E-state index in [0.717, 1.165) is 0 Å². The van der Waals surface area contributed by atoms with Crippen LogP contribution in [0, 0.1) is 5.41 Å². The molecule has 0 aliphatic carbocycles. The summed E-state index contributed by atoms with van der Waals surface area (Å²) in [7, 11) is 0. The number of aliphatic hydroxyl groups is 1. The first-order valence-electron chi connectivity index (χ1n) is 6.35. The molecule has 2 aromatic rings. The summed E-state index contributed by atoms with van der Waals surface area (Å²) in [5.41, 5.74) is -0.402. The van der Waals surface area contributed by atoms with E-state index in [9.17, 15) is 5.11 Å². The van der Waals surface area contributed by atoms with Crippen molar-refractivity contribution in [3.05, 3.63) is 42.7 Å². The zero-order valence-corrected chi connectivity index (χ0v) is 11.6. The second kappa shape index (κ2) is 5.09. The van der Waals surface area contributed by atoms with E-state index in [4.69, 9.17) is 0 Å². The Balaban J connectivity index is 2.32. The molecule has 0 bridgehead atoms. The second-order valence-electron chi connectivity index (χ2n) is 6.08. The summed E-state index contributed by atoms with van der Waals surface area (Å²) in [5.74, 6) is 0. The van der Waals surface area contributed by atoms with Gasteiger partial charge in [-0.15, -0.1) is 0 Å². The number of hydrogen-bond donors (Lipinski definition) is 1. The summed E-state index contributed by atoms with van der Waals surface area (Å²) >= 11 is 0. The highest BCUT2D eigenvalue weighted by atomic mass is 16.3. The fourth-order valence-electron chi connectivity index (χ4n) is 2.33. The molecule has 0 saturated heterocycles. The van der Waals surface area contributed by atoms with Crippen molar-refractivity contribution in [1.82, 2.24) is 19.7 Å². The molecule has 0 fully saturated rings. The molecule has 0 aliphatic heterocycles. The number of pyridine rings is 1. The molecule has 1 N–H and O–H groups in total. The van der Waals surface area contributed by atoms with Crippen LogP contribution in [0.5, 0.6) is 0 Å². The molecule has 1 unspecified atom stereocenters. The lowest BCUT2D eigenvalue weighted by molar-refractivity contribution is -0.0253. The molecule has 5 heteroatoms. The topological polar surface area (TPSA) is 63.8 Å². The van der Waals surface area contributed by atoms with Crippen molar-refractivity contribution >= 4 is 0 Å². The van der Waals surface area contributed by atoms with Crippen LogP contribution in [0.1, 0.15) is 32.9 Å². The lowest BCUT2D eigenvalue weighted by Gasteiger charge is -2.33. The third-order valence-corrected chi connectivity index (χ3v) is 2.85. The first kappa shape index (κ1) is 13.7. The lowest BCUT2D eigenvalue weighted by atomic mass is 9.80. The Hall–Kier alpha value is -1.75. The average molecular weight is 260 g/mol. The van der Waals surface area contributed by atoms with Crippen molar-refractivity contribution in [2.45, 2.75) is 39.3 Å². The van der Waals surface area contributed by atoms with Crippen molar-refractivity contribution in [2.75, 3.05) is 0 Å². The number of hydrogen-bond acceptors (Lipinski definition) is 4. The zero-order chi connectivity index (χ0) is 13.9. The van der Waals surface area contributed by atoms with E-state index < -0.39 is 5.60 Å². The molecular formula is C14H20N4O. The van der Waals surface area contributed by atoms with Gasteiger partial charge >= 0.3 is 0 Å². The van der Waals surface area contributed by atoms with Gasteiger partial charge in [0.05, 0.1) is 12.2 Å². The number of aromatic nitrogens is 4. The summed E-state index contributed by atoms with van der Waals surface area (Å²) in [6.45, 7) is 6.65. The molecule has 1 atom stereocenters. The molecule has 0 amide bonds. The summed E-state index contributed by atoms with van der Waals surface area (Å²) in [6.07, 6.45) is 5.37. The van der Waals surface area contributed by atoms with Crippen molar-refractivity contribution in [1.29, 1.82) is 0 Å². The standard InChI is InChI=1S/C14H20N4O/c1-13(2,3)8-14(19,9-18-11-15-10-17-18)12-6-4-5-7-16-12/h4-7,10-11,19H,8-9H2,1-3H3. The van der Waals surface area contributed by atoms with E-state index in [1.165, 1.54) is 6.33 Å². The van der Waals surface area contributed by atoms with Crippen LogP contribution in [-0.2, 0) is 12.1 Å². The summed E-state index contributed by atoms with van der Waals surface area (Å²) < 4.78 is 1.64. The van der Waals surface area contributed by atoms with Gasteiger partial charge in [-0.05, 0) is 24.0 Å². The molecule has 0 saturated carbocycles. The van der Waals surface area contributed by atoms with Gasteiger partial charge in [0.25, 0.3) is 0 Å². The van der Waals surface area contributed by atoms with E-state index >= 15 is 0 Å². The highest BCUT2D eigenvalue weighted by molar-refractivity contribution is 5.13. The minimum atomic E-state index is -1.05. The van der Waals surface area contributed by atoms with Crippen molar-refractivity contribution < 1.29 is 5.11 Å². The van der Waals surface area contributed by atoms with Gasteiger partial charge < -0.3 is 5.11 Å². The van der Waals surface area contributed by atoms with Gasteiger partial charge in [0.1, 0.15) is 18.3 Å². The molecule has 0 radical (unpaired) electrons. The minimum Gasteiger partial charge on any atom is -0.382 e. The van der Waals surface area contributed by atoms with E-state index in [2.05, 4.69) is 35.8 Å². The molecule has 102 valence electrons. The SMILES string of the molecule is CC(C)(C)CC(O)(Cn1cncn1)c1ccccn1. The fourth-order valence-corrected chi connectivity index (χ4v) is 2.33. The predicted molar refractivity (Wildman–Crippen MR) is 72.2 cm³/mol. The maximum Gasteiger partial charge on any atom is 0.137 e. The first-order chi connectivity index (χ1) is 8.89. The Labute approximate surface area is 113 Å². The van der Waals surface area contributed by atoms with Crippen LogP contribution in [0.15, 0.2) is 37.1 Å². The molecule has 2 rings (SSSR count). The van der Waals surface area contributed by atoms with Crippen molar-refractivity contribution in [3.63, 3.8) is 0 Å². The Kier molecular flexibility index (Phi) is 3.66. The molecule has 2 aromatic heterocycles. The Morgan fingerprint density at radius 1 is 1.26 bits per heavy atom. The van der Waals surface area contributed by atoms with E-state index in [0.29, 0.717) is 18.7 Å². The van der Waals surface area contributed by atoms with E-state index in [-0.39, 0.29) is 5.41 Å². The average Bonchev–Trinajstić information content (AvgIpc) is 2.80.